The number of aromatic hydroxyl groups is 1. The number of rotatable bonds is 6. The van der Waals surface area contributed by atoms with Crippen LogP contribution in [0.3, 0.4) is 0 Å². The minimum Gasteiger partial charge on any atom is -0.507 e. The number of carboxylic acid groups (broad SMARTS) is 1. The summed E-state index contributed by atoms with van der Waals surface area (Å²) < 4.78 is 10.4. The molecule has 0 unspecified atom stereocenters. The minimum atomic E-state index is -1.21. The molecular formula is C12H16O5. The predicted molar refractivity (Wildman–Crippen MR) is 62.0 cm³/mol. The first-order valence-corrected chi connectivity index (χ1v) is 5.37. The zero-order valence-corrected chi connectivity index (χ0v) is 9.90. The summed E-state index contributed by atoms with van der Waals surface area (Å²) >= 11 is 0. The van der Waals surface area contributed by atoms with Crippen LogP contribution in [0.15, 0.2) is 12.1 Å². The second kappa shape index (κ2) is 5.98. The van der Waals surface area contributed by atoms with Gasteiger partial charge in [0, 0.05) is 12.1 Å². The van der Waals surface area contributed by atoms with Crippen molar-refractivity contribution < 1.29 is 24.5 Å². The van der Waals surface area contributed by atoms with Crippen molar-refractivity contribution in [2.24, 2.45) is 0 Å². The first-order chi connectivity index (χ1) is 8.10. The topological polar surface area (TPSA) is 76.0 Å². The Labute approximate surface area is 99.6 Å². The molecule has 0 bridgehead atoms. The molecule has 0 amide bonds. The fourth-order valence-corrected chi connectivity index (χ4v) is 1.32. The monoisotopic (exact) mass is 240 g/mol. The van der Waals surface area contributed by atoms with Gasteiger partial charge in [-0.1, -0.05) is 13.3 Å². The van der Waals surface area contributed by atoms with Crippen LogP contribution in [-0.4, -0.2) is 29.9 Å². The smallest absolute Gasteiger partial charge is 0.339 e. The summed E-state index contributed by atoms with van der Waals surface area (Å²) in [4.78, 5) is 10.8. The zero-order valence-electron chi connectivity index (χ0n) is 9.90. The number of unbranched alkanes of at least 4 members (excludes halogenated alkanes) is 1. The fourth-order valence-electron chi connectivity index (χ4n) is 1.32. The summed E-state index contributed by atoms with van der Waals surface area (Å²) in [6.45, 7) is 2.53. The average Bonchev–Trinajstić information content (AvgIpc) is 2.29. The Morgan fingerprint density at radius 3 is 2.59 bits per heavy atom. The summed E-state index contributed by atoms with van der Waals surface area (Å²) in [5.41, 5.74) is -0.204. The molecular weight excluding hydrogens is 224 g/mol. The van der Waals surface area contributed by atoms with E-state index in [1.54, 1.807) is 0 Å². The van der Waals surface area contributed by atoms with E-state index in [2.05, 4.69) is 0 Å². The number of carbonyl (C=O) groups is 1. The molecule has 0 aliphatic heterocycles. The molecule has 0 spiro atoms. The van der Waals surface area contributed by atoms with Gasteiger partial charge in [0.1, 0.15) is 11.3 Å². The number of hydrogen-bond donors (Lipinski definition) is 2. The third kappa shape index (κ3) is 3.27. The lowest BCUT2D eigenvalue weighted by molar-refractivity contribution is 0.0693. The summed E-state index contributed by atoms with van der Waals surface area (Å²) in [5.74, 6) is -0.884. The van der Waals surface area contributed by atoms with Crippen molar-refractivity contribution in [3.8, 4) is 17.2 Å². The van der Waals surface area contributed by atoms with Crippen molar-refractivity contribution in [2.75, 3.05) is 13.7 Å². The van der Waals surface area contributed by atoms with E-state index in [-0.39, 0.29) is 11.3 Å². The molecule has 1 aromatic rings. The van der Waals surface area contributed by atoms with Gasteiger partial charge in [0.05, 0.1) is 13.7 Å². The maximum atomic E-state index is 10.8. The third-order valence-corrected chi connectivity index (χ3v) is 2.27. The van der Waals surface area contributed by atoms with Crippen LogP contribution in [0, 0.1) is 0 Å². The van der Waals surface area contributed by atoms with Crippen molar-refractivity contribution in [2.45, 2.75) is 19.8 Å². The Morgan fingerprint density at radius 1 is 1.35 bits per heavy atom. The normalized spacial score (nSPS) is 10.0. The largest absolute Gasteiger partial charge is 0.507 e. The lowest BCUT2D eigenvalue weighted by Gasteiger charge is -2.12. The van der Waals surface area contributed by atoms with Crippen LogP contribution in [0.4, 0.5) is 0 Å². The number of phenols is 1. The van der Waals surface area contributed by atoms with Crippen molar-refractivity contribution in [3.05, 3.63) is 17.7 Å². The van der Waals surface area contributed by atoms with Crippen molar-refractivity contribution in [3.63, 3.8) is 0 Å². The van der Waals surface area contributed by atoms with Gasteiger partial charge in [-0.15, -0.1) is 0 Å². The van der Waals surface area contributed by atoms with Crippen LogP contribution < -0.4 is 9.47 Å². The highest BCUT2D eigenvalue weighted by Gasteiger charge is 2.15. The number of benzene rings is 1. The molecule has 0 aliphatic rings. The van der Waals surface area contributed by atoms with Crippen LogP contribution in [0.2, 0.25) is 0 Å². The van der Waals surface area contributed by atoms with Crippen LogP contribution >= 0.6 is 0 Å². The second-order valence-electron chi connectivity index (χ2n) is 3.53. The molecule has 0 fully saturated rings. The van der Waals surface area contributed by atoms with E-state index in [0.29, 0.717) is 18.1 Å². The van der Waals surface area contributed by atoms with Gasteiger partial charge >= 0.3 is 5.97 Å². The Kier molecular flexibility index (Phi) is 4.63. The molecule has 0 atom stereocenters. The number of hydrogen-bond acceptors (Lipinski definition) is 4. The maximum Gasteiger partial charge on any atom is 0.339 e. The highest BCUT2D eigenvalue weighted by atomic mass is 16.5. The highest BCUT2D eigenvalue weighted by Crippen LogP contribution is 2.34. The molecule has 5 nitrogen and oxygen atoms in total. The first-order valence-electron chi connectivity index (χ1n) is 5.37. The highest BCUT2D eigenvalue weighted by molar-refractivity contribution is 5.91. The summed E-state index contributed by atoms with van der Waals surface area (Å²) in [6, 6.07) is 2.51. The summed E-state index contributed by atoms with van der Waals surface area (Å²) in [5, 5.41) is 18.4. The van der Waals surface area contributed by atoms with Crippen LogP contribution in [-0.2, 0) is 0 Å². The minimum absolute atomic E-state index is 0.204. The first kappa shape index (κ1) is 13.2. The maximum absolute atomic E-state index is 10.8. The van der Waals surface area contributed by atoms with Gasteiger partial charge in [-0.2, -0.15) is 0 Å². The SMILES string of the molecule is CCCCOc1cc(O)c(C(=O)O)cc1OC. The van der Waals surface area contributed by atoms with Gasteiger partial charge < -0.3 is 19.7 Å². The molecule has 0 radical (unpaired) electrons. The molecule has 0 saturated heterocycles. The van der Waals surface area contributed by atoms with Gasteiger partial charge in [0.15, 0.2) is 11.5 Å². The fraction of sp³-hybridized carbons (Fsp3) is 0.417. The Morgan fingerprint density at radius 2 is 2.06 bits per heavy atom. The van der Waals surface area contributed by atoms with Gasteiger partial charge in [0.2, 0.25) is 0 Å². The molecule has 0 aliphatic carbocycles. The second-order valence-corrected chi connectivity index (χ2v) is 3.53. The molecule has 5 heteroatoms. The molecule has 0 heterocycles. The summed E-state index contributed by atoms with van der Waals surface area (Å²) in [6.07, 6.45) is 1.87. The molecule has 2 N–H and O–H groups in total. The van der Waals surface area contributed by atoms with Crippen LogP contribution in [0.5, 0.6) is 17.2 Å². The Bertz CT molecular complexity index is 400. The van der Waals surface area contributed by atoms with E-state index in [1.165, 1.54) is 19.2 Å². The Balaban J connectivity index is 2.97. The molecule has 17 heavy (non-hydrogen) atoms. The number of carboxylic acids is 1. The predicted octanol–water partition coefficient (Wildman–Crippen LogP) is 2.28. The number of methoxy groups -OCH3 is 1. The lowest BCUT2D eigenvalue weighted by Crippen LogP contribution is -2.02. The van der Waals surface area contributed by atoms with E-state index >= 15 is 0 Å². The van der Waals surface area contributed by atoms with Crippen molar-refractivity contribution >= 4 is 5.97 Å². The summed E-state index contributed by atoms with van der Waals surface area (Å²) in [7, 11) is 1.42. The van der Waals surface area contributed by atoms with Gasteiger partial charge in [-0.3, -0.25) is 0 Å². The van der Waals surface area contributed by atoms with E-state index < -0.39 is 5.97 Å². The number of aromatic carboxylic acids is 1. The van der Waals surface area contributed by atoms with E-state index in [1.807, 2.05) is 6.92 Å². The standard InChI is InChI=1S/C12H16O5/c1-3-4-5-17-11-7-9(13)8(12(14)15)6-10(11)16-2/h6-7,13H,3-5H2,1-2H3,(H,14,15). The van der Waals surface area contributed by atoms with Gasteiger partial charge in [-0.25, -0.2) is 4.79 Å². The molecule has 94 valence electrons. The lowest BCUT2D eigenvalue weighted by atomic mass is 10.2. The van der Waals surface area contributed by atoms with Crippen LogP contribution in [0.25, 0.3) is 0 Å². The molecule has 0 saturated carbocycles. The van der Waals surface area contributed by atoms with Gasteiger partial charge in [0.25, 0.3) is 0 Å². The van der Waals surface area contributed by atoms with E-state index in [4.69, 9.17) is 14.6 Å². The zero-order chi connectivity index (χ0) is 12.8. The van der Waals surface area contributed by atoms with Crippen molar-refractivity contribution in [1.29, 1.82) is 0 Å². The third-order valence-electron chi connectivity index (χ3n) is 2.27. The average molecular weight is 240 g/mol. The van der Waals surface area contributed by atoms with E-state index in [9.17, 15) is 9.90 Å². The molecule has 1 rings (SSSR count). The molecule has 1 aromatic carbocycles. The Hall–Kier alpha value is -1.91. The quantitative estimate of drug-likeness (QED) is 0.746. The van der Waals surface area contributed by atoms with Crippen LogP contribution in [0.1, 0.15) is 30.1 Å². The molecule has 0 aromatic heterocycles. The van der Waals surface area contributed by atoms with Crippen molar-refractivity contribution in [1.82, 2.24) is 0 Å². The number of ether oxygens (including phenoxy) is 2. The van der Waals surface area contributed by atoms with E-state index in [0.717, 1.165) is 12.8 Å². The van der Waals surface area contributed by atoms with Gasteiger partial charge in [-0.05, 0) is 6.42 Å².